The molecule has 0 spiro atoms. The number of para-hydroxylation sites is 1. The Balaban J connectivity index is 1.71. The quantitative estimate of drug-likeness (QED) is 0.626. The largest absolute Gasteiger partial charge is 0.496 e. The predicted octanol–water partition coefficient (Wildman–Crippen LogP) is 1.93. The summed E-state index contributed by atoms with van der Waals surface area (Å²) in [7, 11) is 0.940. The second-order valence-electron chi connectivity index (χ2n) is 6.23. The highest BCUT2D eigenvalue weighted by Crippen LogP contribution is 2.20. The van der Waals surface area contributed by atoms with Gasteiger partial charge in [-0.25, -0.2) is 12.7 Å². The summed E-state index contributed by atoms with van der Waals surface area (Å²) < 4.78 is 35.6. The number of sulfonamides is 1. The lowest BCUT2D eigenvalue weighted by Crippen LogP contribution is -2.23. The monoisotopic (exact) mass is 416 g/mol. The van der Waals surface area contributed by atoms with Crippen molar-refractivity contribution in [1.29, 1.82) is 0 Å². The maximum absolute atomic E-state index is 12.3. The van der Waals surface area contributed by atoms with Crippen LogP contribution < -0.4 is 10.1 Å². The number of amides is 1. The molecule has 1 aromatic heterocycles. The fourth-order valence-corrected chi connectivity index (χ4v) is 3.42. The molecule has 0 aliphatic rings. The third kappa shape index (κ3) is 4.44. The van der Waals surface area contributed by atoms with Crippen LogP contribution in [0.1, 0.15) is 16.2 Å². The van der Waals surface area contributed by atoms with Crippen LogP contribution in [-0.4, -0.2) is 50.0 Å². The molecule has 0 radical (unpaired) electrons. The normalized spacial score (nSPS) is 11.4. The van der Waals surface area contributed by atoms with Crippen LogP contribution in [0.5, 0.6) is 5.75 Å². The molecule has 152 valence electrons. The molecule has 0 bridgehead atoms. The van der Waals surface area contributed by atoms with Gasteiger partial charge in [-0.3, -0.25) is 4.79 Å². The minimum atomic E-state index is -3.53. The molecule has 2 aromatic carbocycles. The Morgan fingerprint density at radius 3 is 2.48 bits per heavy atom. The van der Waals surface area contributed by atoms with E-state index < -0.39 is 15.9 Å². The number of benzene rings is 2. The van der Waals surface area contributed by atoms with Crippen molar-refractivity contribution in [3.8, 4) is 17.1 Å². The lowest BCUT2D eigenvalue weighted by Gasteiger charge is -2.11. The lowest BCUT2D eigenvalue weighted by molar-refractivity contribution is 0.0906. The number of methoxy groups -OCH3 is 1. The molecule has 0 aliphatic carbocycles. The van der Waals surface area contributed by atoms with Gasteiger partial charge in [-0.1, -0.05) is 23.4 Å². The highest BCUT2D eigenvalue weighted by molar-refractivity contribution is 7.89. The molecule has 3 rings (SSSR count). The van der Waals surface area contributed by atoms with Gasteiger partial charge in [0, 0.05) is 31.8 Å². The number of carbonyl (C=O) groups excluding carboxylic acids is 1. The van der Waals surface area contributed by atoms with Gasteiger partial charge in [0.1, 0.15) is 5.75 Å². The Hall–Kier alpha value is -3.24. The minimum Gasteiger partial charge on any atom is -0.496 e. The first-order chi connectivity index (χ1) is 13.8. The van der Waals surface area contributed by atoms with Crippen molar-refractivity contribution in [2.45, 2.75) is 11.4 Å². The molecule has 1 N–H and O–H groups in total. The zero-order valence-corrected chi connectivity index (χ0v) is 16.9. The second-order valence-corrected chi connectivity index (χ2v) is 8.38. The van der Waals surface area contributed by atoms with Crippen molar-refractivity contribution < 1.29 is 22.5 Å². The summed E-state index contributed by atoms with van der Waals surface area (Å²) in [4.78, 5) is 16.5. The third-order valence-electron chi connectivity index (χ3n) is 4.14. The van der Waals surface area contributed by atoms with Crippen LogP contribution in [0.4, 0.5) is 0 Å². The number of aromatic nitrogens is 2. The summed E-state index contributed by atoms with van der Waals surface area (Å²) in [5.74, 6) is 0.120. The van der Waals surface area contributed by atoms with Crippen molar-refractivity contribution in [2.24, 2.45) is 0 Å². The van der Waals surface area contributed by atoms with Gasteiger partial charge in [0.2, 0.25) is 15.8 Å². The number of carbonyl (C=O) groups is 1. The van der Waals surface area contributed by atoms with Crippen molar-refractivity contribution in [2.75, 3.05) is 21.2 Å². The minimum absolute atomic E-state index is 0.143. The van der Waals surface area contributed by atoms with Crippen LogP contribution in [0, 0.1) is 0 Å². The Labute approximate surface area is 168 Å². The van der Waals surface area contributed by atoms with Crippen LogP contribution in [0.15, 0.2) is 57.9 Å². The summed E-state index contributed by atoms with van der Waals surface area (Å²) in [5.41, 5.74) is 1.33. The van der Waals surface area contributed by atoms with Gasteiger partial charge in [-0.05, 0) is 30.3 Å². The summed E-state index contributed by atoms with van der Waals surface area (Å²) in [6.07, 6.45) is 0. The van der Waals surface area contributed by atoms with Gasteiger partial charge in [0.05, 0.1) is 12.0 Å². The lowest BCUT2D eigenvalue weighted by atomic mass is 10.2. The molecule has 0 saturated carbocycles. The van der Waals surface area contributed by atoms with Gasteiger partial charge in [0.15, 0.2) is 0 Å². The van der Waals surface area contributed by atoms with Crippen molar-refractivity contribution in [3.63, 3.8) is 0 Å². The van der Waals surface area contributed by atoms with E-state index in [4.69, 9.17) is 9.26 Å². The maximum atomic E-state index is 12.3. The molecule has 0 atom stereocenters. The van der Waals surface area contributed by atoms with E-state index in [1.165, 1.54) is 26.2 Å². The molecular weight excluding hydrogens is 396 g/mol. The van der Waals surface area contributed by atoms with Gasteiger partial charge < -0.3 is 14.6 Å². The SMILES string of the molecule is COc1ccccc1CNC(=O)c1nc(-c2ccc(S(=O)(=O)N(C)C)cc2)no1. The summed E-state index contributed by atoms with van der Waals surface area (Å²) in [6.45, 7) is 0.234. The molecule has 3 aromatic rings. The fraction of sp³-hybridized carbons (Fsp3) is 0.211. The Bertz CT molecular complexity index is 1110. The van der Waals surface area contributed by atoms with Crippen LogP contribution in [0.3, 0.4) is 0 Å². The van der Waals surface area contributed by atoms with Crippen molar-refractivity contribution >= 4 is 15.9 Å². The molecule has 0 unspecified atom stereocenters. The number of hydrogen-bond acceptors (Lipinski definition) is 7. The second kappa shape index (κ2) is 8.41. The summed E-state index contributed by atoms with van der Waals surface area (Å²) in [6, 6.07) is 13.3. The average molecular weight is 416 g/mol. The first-order valence-electron chi connectivity index (χ1n) is 8.59. The maximum Gasteiger partial charge on any atom is 0.316 e. The number of ether oxygens (including phenoxy) is 1. The number of hydrogen-bond donors (Lipinski definition) is 1. The Morgan fingerprint density at radius 2 is 1.83 bits per heavy atom. The average Bonchev–Trinajstić information content (AvgIpc) is 3.22. The number of nitrogens with one attached hydrogen (secondary N) is 1. The molecular formula is C19H20N4O5S. The molecule has 10 heteroatoms. The highest BCUT2D eigenvalue weighted by atomic mass is 32.2. The van der Waals surface area contributed by atoms with E-state index in [0.717, 1.165) is 9.87 Å². The molecule has 9 nitrogen and oxygen atoms in total. The van der Waals surface area contributed by atoms with Crippen LogP contribution in [0.2, 0.25) is 0 Å². The van der Waals surface area contributed by atoms with Crippen LogP contribution in [-0.2, 0) is 16.6 Å². The Kier molecular flexibility index (Phi) is 5.95. The standard InChI is InChI=1S/C19H20N4O5S/c1-23(2)29(25,26)15-10-8-13(9-11-15)17-21-19(28-22-17)18(24)20-12-14-6-4-5-7-16(14)27-3/h4-11H,12H2,1-3H3,(H,20,24). The zero-order chi connectivity index (χ0) is 21.0. The van der Waals surface area contributed by atoms with Gasteiger partial charge in [-0.2, -0.15) is 4.98 Å². The number of rotatable bonds is 7. The van der Waals surface area contributed by atoms with Gasteiger partial charge in [0.25, 0.3) is 0 Å². The van der Waals surface area contributed by atoms with Crippen molar-refractivity contribution in [1.82, 2.24) is 19.8 Å². The highest BCUT2D eigenvalue weighted by Gasteiger charge is 2.19. The first-order valence-corrected chi connectivity index (χ1v) is 10.0. The molecule has 0 aliphatic heterocycles. The van der Waals surface area contributed by atoms with E-state index >= 15 is 0 Å². The van der Waals surface area contributed by atoms with E-state index in [0.29, 0.717) is 11.3 Å². The summed E-state index contributed by atoms with van der Waals surface area (Å²) in [5, 5.41) is 6.49. The zero-order valence-electron chi connectivity index (χ0n) is 16.1. The van der Waals surface area contributed by atoms with Gasteiger partial charge >= 0.3 is 11.8 Å². The molecule has 0 fully saturated rings. The molecule has 29 heavy (non-hydrogen) atoms. The molecule has 0 saturated heterocycles. The fourth-order valence-electron chi connectivity index (χ4n) is 2.52. The summed E-state index contributed by atoms with van der Waals surface area (Å²) >= 11 is 0. The topological polar surface area (TPSA) is 115 Å². The van der Waals surface area contributed by atoms with E-state index in [-0.39, 0.29) is 23.2 Å². The Morgan fingerprint density at radius 1 is 1.14 bits per heavy atom. The molecule has 1 amide bonds. The van der Waals surface area contributed by atoms with Crippen LogP contribution in [0.25, 0.3) is 11.4 Å². The van der Waals surface area contributed by atoms with E-state index in [9.17, 15) is 13.2 Å². The van der Waals surface area contributed by atoms with Gasteiger partial charge in [-0.15, -0.1) is 0 Å². The third-order valence-corrected chi connectivity index (χ3v) is 5.97. The van der Waals surface area contributed by atoms with E-state index in [1.807, 2.05) is 18.2 Å². The van der Waals surface area contributed by atoms with E-state index in [2.05, 4.69) is 15.5 Å². The van der Waals surface area contributed by atoms with Crippen LogP contribution >= 0.6 is 0 Å². The molecule has 1 heterocycles. The number of nitrogens with zero attached hydrogens (tertiary/aromatic N) is 3. The predicted molar refractivity (Wildman–Crippen MR) is 105 cm³/mol. The first kappa shape index (κ1) is 20.5. The van der Waals surface area contributed by atoms with Crippen molar-refractivity contribution in [3.05, 3.63) is 60.0 Å². The van der Waals surface area contributed by atoms with E-state index in [1.54, 1.807) is 25.3 Å². The smallest absolute Gasteiger partial charge is 0.316 e.